The fraction of sp³-hybridized carbons (Fsp3) is 0.316. The molecule has 0 aliphatic carbocycles. The zero-order valence-electron chi connectivity index (χ0n) is 13.5. The number of morpholine rings is 1. The lowest BCUT2D eigenvalue weighted by atomic mass is 10.1. The fourth-order valence-electron chi connectivity index (χ4n) is 2.74. The number of nitrogens with zero attached hydrogens (tertiary/aromatic N) is 1. The van der Waals surface area contributed by atoms with Crippen molar-refractivity contribution in [2.24, 2.45) is 0 Å². The third-order valence-corrected chi connectivity index (χ3v) is 5.00. The van der Waals surface area contributed by atoms with Crippen LogP contribution in [0.15, 0.2) is 36.4 Å². The molecule has 0 unspecified atom stereocenters. The van der Waals surface area contributed by atoms with E-state index in [0.717, 1.165) is 43.1 Å². The average molecular weight is 327 g/mol. The second kappa shape index (κ2) is 7.11. The van der Waals surface area contributed by atoms with E-state index in [-0.39, 0.29) is 5.78 Å². The predicted molar refractivity (Wildman–Crippen MR) is 96.6 cm³/mol. The first-order valence-corrected chi connectivity index (χ1v) is 8.67. The van der Waals surface area contributed by atoms with Gasteiger partial charge < -0.3 is 9.64 Å². The van der Waals surface area contributed by atoms with E-state index in [4.69, 9.17) is 4.74 Å². The molecule has 1 aromatic heterocycles. The van der Waals surface area contributed by atoms with Gasteiger partial charge in [0.15, 0.2) is 5.78 Å². The normalized spacial score (nSPS) is 15.3. The third kappa shape index (κ3) is 3.89. The number of anilines is 1. The summed E-state index contributed by atoms with van der Waals surface area (Å²) in [5, 5.41) is 0. The summed E-state index contributed by atoms with van der Waals surface area (Å²) in [4.78, 5) is 17.1. The van der Waals surface area contributed by atoms with E-state index in [1.54, 1.807) is 17.4 Å². The van der Waals surface area contributed by atoms with Crippen LogP contribution in [0.25, 0.3) is 6.08 Å². The van der Waals surface area contributed by atoms with Crippen molar-refractivity contribution >= 4 is 28.9 Å². The summed E-state index contributed by atoms with van der Waals surface area (Å²) in [6, 6.07) is 9.97. The number of carbonyl (C=O) groups excluding carboxylic acids is 1. The molecule has 0 atom stereocenters. The number of benzene rings is 1. The van der Waals surface area contributed by atoms with E-state index in [1.807, 2.05) is 30.3 Å². The minimum atomic E-state index is 0.0433. The molecule has 1 aromatic carbocycles. The number of ketones is 1. The van der Waals surface area contributed by atoms with Gasteiger partial charge in [-0.3, -0.25) is 4.79 Å². The van der Waals surface area contributed by atoms with Crippen molar-refractivity contribution in [3.8, 4) is 0 Å². The molecule has 0 radical (unpaired) electrons. The standard InChI is InChI=1S/C19H21NO2S/c1-14-13-17(15(2)23-14)5-8-19(21)16-3-6-18(7-4-16)20-9-11-22-12-10-20/h3-8,13H,9-12H2,1-2H3/b8-5+. The summed E-state index contributed by atoms with van der Waals surface area (Å²) in [7, 11) is 0. The smallest absolute Gasteiger partial charge is 0.185 e. The Morgan fingerprint density at radius 1 is 1.17 bits per heavy atom. The molecule has 3 nitrogen and oxygen atoms in total. The zero-order chi connectivity index (χ0) is 16.2. The van der Waals surface area contributed by atoms with Gasteiger partial charge in [0.05, 0.1) is 13.2 Å². The summed E-state index contributed by atoms with van der Waals surface area (Å²) >= 11 is 1.76. The van der Waals surface area contributed by atoms with Crippen molar-refractivity contribution in [1.82, 2.24) is 0 Å². The molecule has 2 aromatic rings. The van der Waals surface area contributed by atoms with Crippen molar-refractivity contribution in [2.45, 2.75) is 13.8 Å². The monoisotopic (exact) mass is 327 g/mol. The van der Waals surface area contributed by atoms with E-state index >= 15 is 0 Å². The SMILES string of the molecule is Cc1cc(/C=C/C(=O)c2ccc(N3CCOCC3)cc2)c(C)s1. The average Bonchev–Trinajstić information content (AvgIpc) is 2.91. The molecule has 1 saturated heterocycles. The van der Waals surface area contributed by atoms with Crippen LogP contribution < -0.4 is 4.90 Å². The van der Waals surface area contributed by atoms with Gasteiger partial charge in [0.25, 0.3) is 0 Å². The maximum atomic E-state index is 12.3. The van der Waals surface area contributed by atoms with Gasteiger partial charge in [-0.05, 0) is 61.9 Å². The molecular weight excluding hydrogens is 306 g/mol. The summed E-state index contributed by atoms with van der Waals surface area (Å²) in [5.41, 5.74) is 3.01. The van der Waals surface area contributed by atoms with Crippen LogP contribution in [0, 0.1) is 13.8 Å². The number of hydrogen-bond donors (Lipinski definition) is 0. The Balaban J connectivity index is 1.69. The number of carbonyl (C=O) groups is 1. The molecule has 0 bridgehead atoms. The Hall–Kier alpha value is -1.91. The van der Waals surface area contributed by atoms with Gasteiger partial charge in [-0.15, -0.1) is 11.3 Å². The zero-order valence-corrected chi connectivity index (χ0v) is 14.4. The Bertz CT molecular complexity index is 709. The molecule has 4 heteroatoms. The van der Waals surface area contributed by atoms with Crippen LogP contribution in [0.4, 0.5) is 5.69 Å². The first-order chi connectivity index (χ1) is 11.1. The van der Waals surface area contributed by atoms with Gasteiger partial charge in [0.2, 0.25) is 0 Å². The van der Waals surface area contributed by atoms with E-state index in [0.29, 0.717) is 0 Å². The minimum absolute atomic E-state index is 0.0433. The Kier molecular flexibility index (Phi) is 4.94. The van der Waals surface area contributed by atoms with Gasteiger partial charge in [-0.2, -0.15) is 0 Å². The van der Waals surface area contributed by atoms with Crippen LogP contribution in [0.5, 0.6) is 0 Å². The molecule has 1 aliphatic rings. The minimum Gasteiger partial charge on any atom is -0.378 e. The Morgan fingerprint density at radius 3 is 2.48 bits per heavy atom. The van der Waals surface area contributed by atoms with Crippen LogP contribution in [0.1, 0.15) is 25.7 Å². The first kappa shape index (κ1) is 16.0. The van der Waals surface area contributed by atoms with Crippen LogP contribution >= 0.6 is 11.3 Å². The highest BCUT2D eigenvalue weighted by Crippen LogP contribution is 2.22. The lowest BCUT2D eigenvalue weighted by molar-refractivity contribution is 0.104. The van der Waals surface area contributed by atoms with Crippen molar-refractivity contribution in [2.75, 3.05) is 31.2 Å². The number of allylic oxidation sites excluding steroid dienone is 1. The van der Waals surface area contributed by atoms with Gasteiger partial charge in [0.1, 0.15) is 0 Å². The topological polar surface area (TPSA) is 29.5 Å². The molecule has 1 fully saturated rings. The second-order valence-electron chi connectivity index (χ2n) is 5.71. The Labute approximate surface area is 141 Å². The van der Waals surface area contributed by atoms with Gasteiger partial charge >= 0.3 is 0 Å². The van der Waals surface area contributed by atoms with Gasteiger partial charge in [-0.1, -0.05) is 0 Å². The molecule has 1 aliphatic heterocycles. The summed E-state index contributed by atoms with van der Waals surface area (Å²) in [6.45, 7) is 7.51. The maximum absolute atomic E-state index is 12.3. The largest absolute Gasteiger partial charge is 0.378 e. The number of aryl methyl sites for hydroxylation is 2. The quantitative estimate of drug-likeness (QED) is 0.625. The van der Waals surface area contributed by atoms with E-state index < -0.39 is 0 Å². The Morgan fingerprint density at radius 2 is 1.87 bits per heavy atom. The van der Waals surface area contributed by atoms with Crippen LogP contribution in [-0.4, -0.2) is 32.1 Å². The number of thiophene rings is 1. The van der Waals surface area contributed by atoms with E-state index in [1.165, 1.54) is 9.75 Å². The van der Waals surface area contributed by atoms with Crippen molar-refractivity contribution < 1.29 is 9.53 Å². The maximum Gasteiger partial charge on any atom is 0.185 e. The highest BCUT2D eigenvalue weighted by Gasteiger charge is 2.11. The third-order valence-electron chi connectivity index (χ3n) is 4.02. The lowest BCUT2D eigenvalue weighted by Gasteiger charge is -2.28. The van der Waals surface area contributed by atoms with Crippen molar-refractivity contribution in [3.05, 3.63) is 57.3 Å². The molecular formula is C19H21NO2S. The molecule has 3 rings (SSSR count). The molecule has 0 spiro atoms. The molecule has 0 saturated carbocycles. The first-order valence-electron chi connectivity index (χ1n) is 7.86. The van der Waals surface area contributed by atoms with Gasteiger partial charge in [-0.25, -0.2) is 0 Å². The molecule has 120 valence electrons. The lowest BCUT2D eigenvalue weighted by Crippen LogP contribution is -2.36. The summed E-state index contributed by atoms with van der Waals surface area (Å²) in [5.74, 6) is 0.0433. The van der Waals surface area contributed by atoms with E-state index in [9.17, 15) is 4.79 Å². The van der Waals surface area contributed by atoms with Crippen LogP contribution in [-0.2, 0) is 4.74 Å². The highest BCUT2D eigenvalue weighted by molar-refractivity contribution is 7.12. The van der Waals surface area contributed by atoms with Gasteiger partial charge in [0, 0.05) is 34.1 Å². The number of ether oxygens (including phenoxy) is 1. The summed E-state index contributed by atoms with van der Waals surface area (Å²) in [6.07, 6.45) is 3.58. The van der Waals surface area contributed by atoms with Crippen molar-refractivity contribution in [1.29, 1.82) is 0 Å². The molecule has 0 N–H and O–H groups in total. The highest BCUT2D eigenvalue weighted by atomic mass is 32.1. The van der Waals surface area contributed by atoms with Crippen LogP contribution in [0.3, 0.4) is 0 Å². The van der Waals surface area contributed by atoms with Crippen molar-refractivity contribution in [3.63, 3.8) is 0 Å². The summed E-state index contributed by atoms with van der Waals surface area (Å²) < 4.78 is 5.36. The number of hydrogen-bond acceptors (Lipinski definition) is 4. The fourth-order valence-corrected chi connectivity index (χ4v) is 3.65. The van der Waals surface area contributed by atoms with E-state index in [2.05, 4.69) is 24.8 Å². The predicted octanol–water partition coefficient (Wildman–Crippen LogP) is 4.10. The molecule has 2 heterocycles. The number of rotatable bonds is 4. The molecule has 23 heavy (non-hydrogen) atoms. The van der Waals surface area contributed by atoms with Crippen LogP contribution in [0.2, 0.25) is 0 Å². The molecule has 0 amide bonds. The second-order valence-corrected chi connectivity index (χ2v) is 7.17.